The molecule has 3 unspecified atom stereocenters. The van der Waals surface area contributed by atoms with Crippen molar-refractivity contribution in [1.82, 2.24) is 4.90 Å². The average molecular weight is 309 g/mol. The van der Waals surface area contributed by atoms with Gasteiger partial charge < -0.3 is 5.73 Å². The molecular formula is C18H32N2S. The molecule has 0 bridgehead atoms. The van der Waals surface area contributed by atoms with Crippen LogP contribution in [-0.4, -0.2) is 30.1 Å². The van der Waals surface area contributed by atoms with Gasteiger partial charge in [0.1, 0.15) is 0 Å². The molecule has 21 heavy (non-hydrogen) atoms. The number of hydrogen-bond acceptors (Lipinski definition) is 3. The van der Waals surface area contributed by atoms with E-state index in [4.69, 9.17) is 5.73 Å². The molecule has 0 aliphatic heterocycles. The standard InChI is InChI=1S/C18H32N2S/c1-14-12-17(3,4)8-9-18(14,13-19)20(5)15(2)11-16-7-6-10-21-16/h6-7,10,14-15H,8-9,11-13,19H2,1-5H3. The van der Waals surface area contributed by atoms with E-state index in [1.807, 2.05) is 11.3 Å². The Morgan fingerprint density at radius 1 is 1.43 bits per heavy atom. The van der Waals surface area contributed by atoms with Gasteiger partial charge in [-0.2, -0.15) is 0 Å². The summed E-state index contributed by atoms with van der Waals surface area (Å²) in [7, 11) is 2.29. The first-order valence-electron chi connectivity index (χ1n) is 8.26. The molecule has 1 aliphatic carbocycles. The molecular weight excluding hydrogens is 276 g/mol. The summed E-state index contributed by atoms with van der Waals surface area (Å²) in [6.07, 6.45) is 4.92. The van der Waals surface area contributed by atoms with Crippen molar-refractivity contribution in [1.29, 1.82) is 0 Å². The van der Waals surface area contributed by atoms with Crippen molar-refractivity contribution in [2.24, 2.45) is 17.1 Å². The monoisotopic (exact) mass is 308 g/mol. The minimum atomic E-state index is 0.173. The molecule has 1 saturated carbocycles. The zero-order chi connectivity index (χ0) is 15.7. The van der Waals surface area contributed by atoms with E-state index in [0.717, 1.165) is 13.0 Å². The van der Waals surface area contributed by atoms with Gasteiger partial charge in [0.05, 0.1) is 0 Å². The lowest BCUT2D eigenvalue weighted by molar-refractivity contribution is -0.0264. The van der Waals surface area contributed by atoms with Gasteiger partial charge >= 0.3 is 0 Å². The van der Waals surface area contributed by atoms with E-state index in [-0.39, 0.29) is 5.54 Å². The number of nitrogens with zero attached hydrogens (tertiary/aromatic N) is 1. The van der Waals surface area contributed by atoms with Crippen LogP contribution in [0.4, 0.5) is 0 Å². The highest BCUT2D eigenvalue weighted by molar-refractivity contribution is 7.09. The number of nitrogens with two attached hydrogens (primary N) is 1. The first-order valence-corrected chi connectivity index (χ1v) is 9.14. The number of thiophene rings is 1. The van der Waals surface area contributed by atoms with Crippen molar-refractivity contribution >= 4 is 11.3 Å². The zero-order valence-corrected chi connectivity index (χ0v) is 15.2. The Hall–Kier alpha value is -0.380. The molecule has 0 spiro atoms. The lowest BCUT2D eigenvalue weighted by atomic mass is 9.63. The molecule has 1 heterocycles. The summed E-state index contributed by atoms with van der Waals surface area (Å²) in [4.78, 5) is 4.07. The van der Waals surface area contributed by atoms with Gasteiger partial charge in [-0.25, -0.2) is 0 Å². The molecule has 0 aromatic carbocycles. The van der Waals surface area contributed by atoms with E-state index in [0.29, 0.717) is 17.4 Å². The second kappa shape index (κ2) is 6.39. The summed E-state index contributed by atoms with van der Waals surface area (Å²) in [6, 6.07) is 4.94. The van der Waals surface area contributed by atoms with Crippen LogP contribution in [0.5, 0.6) is 0 Å². The predicted molar refractivity (Wildman–Crippen MR) is 93.8 cm³/mol. The van der Waals surface area contributed by atoms with Crippen LogP contribution in [0.15, 0.2) is 17.5 Å². The lowest BCUT2D eigenvalue weighted by Crippen LogP contribution is -2.62. The molecule has 0 radical (unpaired) electrons. The van der Waals surface area contributed by atoms with Gasteiger partial charge in [0.25, 0.3) is 0 Å². The van der Waals surface area contributed by atoms with E-state index in [9.17, 15) is 0 Å². The van der Waals surface area contributed by atoms with Crippen molar-refractivity contribution in [3.05, 3.63) is 22.4 Å². The van der Waals surface area contributed by atoms with Crippen LogP contribution in [-0.2, 0) is 6.42 Å². The maximum absolute atomic E-state index is 6.29. The Morgan fingerprint density at radius 3 is 2.67 bits per heavy atom. The normalized spacial score (nSPS) is 30.5. The van der Waals surface area contributed by atoms with Crippen LogP contribution in [0.1, 0.15) is 51.8 Å². The summed E-state index contributed by atoms with van der Waals surface area (Å²) >= 11 is 1.86. The third-order valence-electron chi connectivity index (χ3n) is 5.80. The second-order valence-corrected chi connectivity index (χ2v) is 8.85. The molecule has 1 aliphatic rings. The highest BCUT2D eigenvalue weighted by Gasteiger charge is 2.46. The van der Waals surface area contributed by atoms with E-state index in [2.05, 4.69) is 57.2 Å². The topological polar surface area (TPSA) is 29.3 Å². The molecule has 0 amide bonds. The minimum absolute atomic E-state index is 0.173. The van der Waals surface area contributed by atoms with Gasteiger partial charge in [-0.15, -0.1) is 11.3 Å². The fourth-order valence-electron chi connectivity index (χ4n) is 4.19. The molecule has 1 fully saturated rings. The molecule has 1 aromatic rings. The smallest absolute Gasteiger partial charge is 0.0357 e. The van der Waals surface area contributed by atoms with Crippen LogP contribution in [0, 0.1) is 11.3 Å². The maximum Gasteiger partial charge on any atom is 0.0357 e. The second-order valence-electron chi connectivity index (χ2n) is 7.82. The summed E-state index contributed by atoms with van der Waals surface area (Å²) in [6.45, 7) is 10.3. The van der Waals surface area contributed by atoms with Crippen molar-refractivity contribution in [2.75, 3.05) is 13.6 Å². The van der Waals surface area contributed by atoms with Crippen molar-refractivity contribution < 1.29 is 0 Å². The molecule has 120 valence electrons. The van der Waals surface area contributed by atoms with Gasteiger partial charge in [-0.1, -0.05) is 26.8 Å². The predicted octanol–water partition coefficient (Wildman–Crippen LogP) is 4.15. The van der Waals surface area contributed by atoms with Crippen molar-refractivity contribution in [3.8, 4) is 0 Å². The van der Waals surface area contributed by atoms with Gasteiger partial charge in [-0.3, -0.25) is 4.90 Å². The van der Waals surface area contributed by atoms with E-state index in [1.165, 1.54) is 24.1 Å². The van der Waals surface area contributed by atoms with Crippen LogP contribution in [0.25, 0.3) is 0 Å². The molecule has 3 atom stereocenters. The SMILES string of the molecule is CC(Cc1cccs1)N(C)C1(CN)CCC(C)(C)CC1C. The Labute approximate surface area is 134 Å². The maximum atomic E-state index is 6.29. The van der Waals surface area contributed by atoms with Gasteiger partial charge in [-0.05, 0) is 62.4 Å². The Morgan fingerprint density at radius 2 is 2.14 bits per heavy atom. The minimum Gasteiger partial charge on any atom is -0.329 e. The van der Waals surface area contributed by atoms with Crippen molar-refractivity contribution in [2.45, 2.75) is 65.0 Å². The number of likely N-dealkylation sites (N-methyl/N-ethyl adjacent to an activating group) is 1. The summed E-state index contributed by atoms with van der Waals surface area (Å²) in [5.41, 5.74) is 6.93. The van der Waals surface area contributed by atoms with Gasteiger partial charge in [0.2, 0.25) is 0 Å². The third-order valence-corrected chi connectivity index (χ3v) is 6.70. The van der Waals surface area contributed by atoms with E-state index in [1.54, 1.807) is 0 Å². The van der Waals surface area contributed by atoms with Gasteiger partial charge in [0, 0.05) is 23.0 Å². The third kappa shape index (κ3) is 3.52. The lowest BCUT2D eigenvalue weighted by Gasteiger charge is -2.54. The average Bonchev–Trinajstić information content (AvgIpc) is 2.91. The van der Waals surface area contributed by atoms with Gasteiger partial charge in [0.15, 0.2) is 0 Å². The molecule has 2 rings (SSSR count). The fourth-order valence-corrected chi connectivity index (χ4v) is 5.02. The number of rotatable bonds is 5. The molecule has 1 aromatic heterocycles. The zero-order valence-electron chi connectivity index (χ0n) is 14.4. The molecule has 2 N–H and O–H groups in total. The van der Waals surface area contributed by atoms with E-state index < -0.39 is 0 Å². The molecule has 3 heteroatoms. The Kier molecular flexibility index (Phi) is 5.17. The highest BCUT2D eigenvalue weighted by Crippen LogP contribution is 2.46. The first-order chi connectivity index (χ1) is 9.81. The van der Waals surface area contributed by atoms with E-state index >= 15 is 0 Å². The molecule has 2 nitrogen and oxygen atoms in total. The summed E-state index contributed by atoms with van der Waals surface area (Å²) in [5, 5.41) is 2.17. The molecule has 0 saturated heterocycles. The highest BCUT2D eigenvalue weighted by atomic mass is 32.1. The summed E-state index contributed by atoms with van der Waals surface area (Å²) < 4.78 is 0. The fraction of sp³-hybridized carbons (Fsp3) is 0.778. The Balaban J connectivity index is 2.12. The largest absolute Gasteiger partial charge is 0.329 e. The number of hydrogen-bond donors (Lipinski definition) is 1. The van der Waals surface area contributed by atoms with Crippen LogP contribution in [0.3, 0.4) is 0 Å². The van der Waals surface area contributed by atoms with Crippen LogP contribution < -0.4 is 5.73 Å². The quantitative estimate of drug-likeness (QED) is 0.885. The summed E-state index contributed by atoms with van der Waals surface area (Å²) in [5.74, 6) is 0.655. The first kappa shape index (κ1) is 17.0. The van der Waals surface area contributed by atoms with Crippen LogP contribution in [0.2, 0.25) is 0 Å². The van der Waals surface area contributed by atoms with Crippen LogP contribution >= 0.6 is 11.3 Å². The van der Waals surface area contributed by atoms with Crippen molar-refractivity contribution in [3.63, 3.8) is 0 Å². The Bertz CT molecular complexity index is 440.